The number of para-hydroxylation sites is 1. The number of aliphatic carboxylic acids is 1. The number of amides is 1. The van der Waals surface area contributed by atoms with Crippen LogP contribution in [0.1, 0.15) is 5.56 Å². The third-order valence-corrected chi connectivity index (χ3v) is 2.91. The fourth-order valence-corrected chi connectivity index (χ4v) is 1.96. The molecule has 1 aromatic heterocycles. The number of hydrogen-bond acceptors (Lipinski definition) is 2. The zero-order chi connectivity index (χ0) is 14.7. The topological polar surface area (TPSA) is 82.2 Å². The number of carboxylic acids is 1. The van der Waals surface area contributed by atoms with E-state index in [1.165, 1.54) is 0 Å². The van der Waals surface area contributed by atoms with Gasteiger partial charge in [0, 0.05) is 23.5 Å². The molecule has 7 heteroatoms. The Hall–Kier alpha value is -2.44. The highest BCUT2D eigenvalue weighted by Crippen LogP contribution is 2.19. The standard InChI is InChI=1S/C13H12F2N2O3/c14-11(15)12(18)17-10(13(19)20)5-7-6-16-9-4-2-1-3-8(7)9/h1-4,6,10-11,16H,5H2,(H,17,18)(H,19,20). The smallest absolute Gasteiger partial charge is 0.326 e. The number of aromatic amines is 1. The third-order valence-electron chi connectivity index (χ3n) is 2.91. The van der Waals surface area contributed by atoms with Crippen LogP contribution in [0.25, 0.3) is 10.9 Å². The monoisotopic (exact) mass is 282 g/mol. The first-order valence-corrected chi connectivity index (χ1v) is 5.85. The maximum atomic E-state index is 12.2. The van der Waals surface area contributed by atoms with Crippen LogP contribution in [-0.4, -0.2) is 34.4 Å². The van der Waals surface area contributed by atoms with Gasteiger partial charge in [-0.3, -0.25) is 4.79 Å². The van der Waals surface area contributed by atoms with Gasteiger partial charge < -0.3 is 15.4 Å². The number of carboxylic acid groups (broad SMARTS) is 1. The summed E-state index contributed by atoms with van der Waals surface area (Å²) in [6, 6.07) is 5.81. The molecule has 0 fully saturated rings. The van der Waals surface area contributed by atoms with Crippen LogP contribution in [0, 0.1) is 0 Å². The minimum absolute atomic E-state index is 0.0716. The number of halogens is 2. The molecule has 20 heavy (non-hydrogen) atoms. The number of hydrogen-bond donors (Lipinski definition) is 3. The quantitative estimate of drug-likeness (QED) is 0.778. The Balaban J connectivity index is 2.20. The lowest BCUT2D eigenvalue weighted by Crippen LogP contribution is -2.44. The van der Waals surface area contributed by atoms with Crippen molar-refractivity contribution in [2.75, 3.05) is 0 Å². The van der Waals surface area contributed by atoms with Crippen molar-refractivity contribution >= 4 is 22.8 Å². The van der Waals surface area contributed by atoms with Gasteiger partial charge in [-0.2, -0.15) is 8.78 Å². The van der Waals surface area contributed by atoms with E-state index in [-0.39, 0.29) is 6.42 Å². The molecule has 0 aliphatic rings. The second-order valence-electron chi connectivity index (χ2n) is 4.26. The van der Waals surface area contributed by atoms with Gasteiger partial charge in [-0.15, -0.1) is 0 Å². The first kappa shape index (κ1) is 14.0. The van der Waals surface area contributed by atoms with Crippen LogP contribution in [0.5, 0.6) is 0 Å². The first-order chi connectivity index (χ1) is 9.49. The highest BCUT2D eigenvalue weighted by Gasteiger charge is 2.25. The van der Waals surface area contributed by atoms with Crippen LogP contribution in [0.3, 0.4) is 0 Å². The Labute approximate surface area is 112 Å². The molecule has 1 unspecified atom stereocenters. The molecule has 1 amide bonds. The van der Waals surface area contributed by atoms with Gasteiger partial charge in [0.1, 0.15) is 6.04 Å². The number of H-pyrrole nitrogens is 1. The average Bonchev–Trinajstić information content (AvgIpc) is 2.81. The molecule has 0 bridgehead atoms. The maximum absolute atomic E-state index is 12.2. The van der Waals surface area contributed by atoms with Gasteiger partial charge in [0.15, 0.2) is 0 Å². The summed E-state index contributed by atoms with van der Waals surface area (Å²) in [4.78, 5) is 24.9. The van der Waals surface area contributed by atoms with Crippen molar-refractivity contribution in [1.82, 2.24) is 10.3 Å². The van der Waals surface area contributed by atoms with E-state index in [1.54, 1.807) is 18.3 Å². The summed E-state index contributed by atoms with van der Waals surface area (Å²) in [5.41, 5.74) is 1.45. The van der Waals surface area contributed by atoms with E-state index in [2.05, 4.69) is 4.98 Å². The Kier molecular flexibility index (Phi) is 3.97. The SMILES string of the molecule is O=C(NC(Cc1c[nH]c2ccccc12)C(=O)O)C(F)F. The summed E-state index contributed by atoms with van der Waals surface area (Å²) in [5, 5.41) is 11.6. The molecule has 2 aromatic rings. The van der Waals surface area contributed by atoms with E-state index in [0.717, 1.165) is 10.9 Å². The predicted molar refractivity (Wildman–Crippen MR) is 67.6 cm³/mol. The summed E-state index contributed by atoms with van der Waals surface area (Å²) < 4.78 is 24.3. The molecule has 2 rings (SSSR count). The molecule has 0 saturated carbocycles. The molecule has 0 saturated heterocycles. The van der Waals surface area contributed by atoms with Gasteiger partial charge in [0.2, 0.25) is 0 Å². The molecule has 0 spiro atoms. The number of aromatic nitrogens is 1. The zero-order valence-corrected chi connectivity index (χ0v) is 10.3. The highest BCUT2D eigenvalue weighted by molar-refractivity contribution is 5.87. The van der Waals surface area contributed by atoms with Gasteiger partial charge >= 0.3 is 12.4 Å². The van der Waals surface area contributed by atoms with Crippen molar-refractivity contribution in [2.45, 2.75) is 18.9 Å². The summed E-state index contributed by atoms with van der Waals surface area (Å²) >= 11 is 0. The minimum atomic E-state index is -3.24. The molecular weight excluding hydrogens is 270 g/mol. The number of fused-ring (bicyclic) bond motifs is 1. The molecular formula is C13H12F2N2O3. The van der Waals surface area contributed by atoms with Crippen LogP contribution in [0.15, 0.2) is 30.5 Å². The Morgan fingerprint density at radius 1 is 1.30 bits per heavy atom. The van der Waals surface area contributed by atoms with Crippen LogP contribution >= 0.6 is 0 Å². The van der Waals surface area contributed by atoms with E-state index < -0.39 is 24.3 Å². The Morgan fingerprint density at radius 3 is 2.65 bits per heavy atom. The molecule has 5 nitrogen and oxygen atoms in total. The van der Waals surface area contributed by atoms with Gasteiger partial charge in [-0.05, 0) is 11.6 Å². The van der Waals surface area contributed by atoms with E-state index in [1.807, 2.05) is 17.4 Å². The second-order valence-corrected chi connectivity index (χ2v) is 4.26. The predicted octanol–water partition coefficient (Wildman–Crippen LogP) is 1.54. The normalized spacial score (nSPS) is 12.6. The first-order valence-electron chi connectivity index (χ1n) is 5.85. The summed E-state index contributed by atoms with van der Waals surface area (Å²) in [5.74, 6) is -2.94. The molecule has 3 N–H and O–H groups in total. The highest BCUT2D eigenvalue weighted by atomic mass is 19.3. The van der Waals surface area contributed by atoms with Crippen LogP contribution in [0.2, 0.25) is 0 Å². The van der Waals surface area contributed by atoms with E-state index in [0.29, 0.717) is 5.56 Å². The van der Waals surface area contributed by atoms with E-state index >= 15 is 0 Å². The second kappa shape index (κ2) is 5.68. The van der Waals surface area contributed by atoms with Gasteiger partial charge in [-0.25, -0.2) is 4.79 Å². The van der Waals surface area contributed by atoms with Crippen molar-refractivity contribution in [2.24, 2.45) is 0 Å². The summed E-state index contributed by atoms with van der Waals surface area (Å²) in [6.07, 6.45) is -1.70. The van der Waals surface area contributed by atoms with Gasteiger partial charge in [0.05, 0.1) is 0 Å². The number of carbonyl (C=O) groups is 2. The minimum Gasteiger partial charge on any atom is -0.480 e. The number of rotatable bonds is 5. The molecule has 1 aromatic carbocycles. The molecule has 1 heterocycles. The molecule has 1 atom stereocenters. The molecule has 0 aliphatic heterocycles. The number of carbonyl (C=O) groups excluding carboxylic acids is 1. The Bertz CT molecular complexity index is 639. The summed E-state index contributed by atoms with van der Waals surface area (Å²) in [7, 11) is 0. The van der Waals surface area contributed by atoms with Gasteiger partial charge in [0.25, 0.3) is 5.91 Å². The fourth-order valence-electron chi connectivity index (χ4n) is 1.96. The van der Waals surface area contributed by atoms with E-state index in [9.17, 15) is 18.4 Å². The lowest BCUT2D eigenvalue weighted by molar-refractivity contribution is -0.144. The molecule has 0 aliphatic carbocycles. The average molecular weight is 282 g/mol. The van der Waals surface area contributed by atoms with Crippen molar-refractivity contribution in [1.29, 1.82) is 0 Å². The fraction of sp³-hybridized carbons (Fsp3) is 0.231. The number of benzene rings is 1. The lowest BCUT2D eigenvalue weighted by atomic mass is 10.1. The van der Waals surface area contributed by atoms with Crippen LogP contribution in [-0.2, 0) is 16.0 Å². The van der Waals surface area contributed by atoms with Gasteiger partial charge in [-0.1, -0.05) is 18.2 Å². The van der Waals surface area contributed by atoms with Crippen molar-refractivity contribution in [3.8, 4) is 0 Å². The summed E-state index contributed by atoms with van der Waals surface area (Å²) in [6.45, 7) is 0. The third kappa shape index (κ3) is 2.93. The van der Waals surface area contributed by atoms with Crippen molar-refractivity contribution in [3.63, 3.8) is 0 Å². The van der Waals surface area contributed by atoms with Crippen LogP contribution < -0.4 is 5.32 Å². The molecule has 106 valence electrons. The largest absolute Gasteiger partial charge is 0.480 e. The van der Waals surface area contributed by atoms with Crippen LogP contribution in [0.4, 0.5) is 8.78 Å². The van der Waals surface area contributed by atoms with E-state index in [4.69, 9.17) is 5.11 Å². The lowest BCUT2D eigenvalue weighted by Gasteiger charge is -2.13. The molecule has 0 radical (unpaired) electrons. The van der Waals surface area contributed by atoms with Crippen molar-refractivity contribution in [3.05, 3.63) is 36.0 Å². The Morgan fingerprint density at radius 2 is 2.00 bits per heavy atom. The number of alkyl halides is 2. The van der Waals surface area contributed by atoms with Crippen molar-refractivity contribution < 1.29 is 23.5 Å². The maximum Gasteiger partial charge on any atom is 0.326 e. The number of nitrogens with one attached hydrogen (secondary N) is 2. The zero-order valence-electron chi connectivity index (χ0n) is 10.3.